The van der Waals surface area contributed by atoms with E-state index in [1.54, 1.807) is 7.11 Å². The summed E-state index contributed by atoms with van der Waals surface area (Å²) in [5, 5.41) is 3.48. The zero-order chi connectivity index (χ0) is 11.7. The molecule has 1 unspecified atom stereocenters. The molecule has 1 N–H and O–H groups in total. The molecule has 0 aliphatic heterocycles. The summed E-state index contributed by atoms with van der Waals surface area (Å²) in [7, 11) is 1.75. The van der Waals surface area contributed by atoms with Crippen molar-refractivity contribution in [3.05, 3.63) is 0 Å². The summed E-state index contributed by atoms with van der Waals surface area (Å²) in [4.78, 5) is 0. The average Bonchev–Trinajstić information content (AvgIpc) is 2.15. The van der Waals surface area contributed by atoms with Crippen LogP contribution in [0, 0.1) is 11.3 Å². The van der Waals surface area contributed by atoms with E-state index in [4.69, 9.17) is 4.74 Å². The first kappa shape index (κ1) is 14.9. The van der Waals surface area contributed by atoms with Crippen LogP contribution in [0.4, 0.5) is 0 Å². The number of hydrogen-bond donors (Lipinski definition) is 1. The predicted octanol–water partition coefficient (Wildman–Crippen LogP) is 3.07. The van der Waals surface area contributed by atoms with E-state index in [0.717, 1.165) is 25.6 Å². The summed E-state index contributed by atoms with van der Waals surface area (Å²) in [6.07, 6.45) is 3.97. The van der Waals surface area contributed by atoms with E-state index in [1.165, 1.54) is 19.3 Å². The minimum Gasteiger partial charge on any atom is -0.383 e. The van der Waals surface area contributed by atoms with Crippen molar-refractivity contribution in [3.8, 4) is 0 Å². The molecule has 92 valence electrons. The topological polar surface area (TPSA) is 21.3 Å². The van der Waals surface area contributed by atoms with Crippen LogP contribution in [-0.4, -0.2) is 26.8 Å². The molecule has 0 fully saturated rings. The van der Waals surface area contributed by atoms with Gasteiger partial charge in [-0.25, -0.2) is 0 Å². The number of rotatable bonds is 8. The lowest BCUT2D eigenvalue weighted by Crippen LogP contribution is -2.33. The maximum Gasteiger partial charge on any atom is 0.0587 e. The monoisotopic (exact) mass is 215 g/mol. The molecule has 0 rings (SSSR count). The Morgan fingerprint density at radius 3 is 2.40 bits per heavy atom. The molecule has 0 aliphatic rings. The van der Waals surface area contributed by atoms with Gasteiger partial charge in [-0.2, -0.15) is 0 Å². The molecule has 0 saturated carbocycles. The average molecular weight is 215 g/mol. The fourth-order valence-corrected chi connectivity index (χ4v) is 1.74. The van der Waals surface area contributed by atoms with E-state index in [2.05, 4.69) is 33.0 Å². The highest BCUT2D eigenvalue weighted by molar-refractivity contribution is 4.75. The summed E-state index contributed by atoms with van der Waals surface area (Å²) in [6, 6.07) is 0. The van der Waals surface area contributed by atoms with Crippen LogP contribution in [0.25, 0.3) is 0 Å². The number of ether oxygens (including phenoxy) is 1. The fourth-order valence-electron chi connectivity index (χ4n) is 1.74. The van der Waals surface area contributed by atoms with Crippen molar-refractivity contribution in [1.82, 2.24) is 5.32 Å². The molecule has 0 heterocycles. The smallest absolute Gasteiger partial charge is 0.0587 e. The van der Waals surface area contributed by atoms with Crippen LogP contribution in [0.2, 0.25) is 0 Å². The Labute approximate surface area is 95.8 Å². The van der Waals surface area contributed by atoms with E-state index >= 15 is 0 Å². The highest BCUT2D eigenvalue weighted by atomic mass is 16.5. The fraction of sp³-hybridized carbons (Fsp3) is 1.00. The second-order valence-corrected chi connectivity index (χ2v) is 5.40. The largest absolute Gasteiger partial charge is 0.383 e. The molecular weight excluding hydrogens is 186 g/mol. The molecule has 0 bridgehead atoms. The Morgan fingerprint density at radius 1 is 1.27 bits per heavy atom. The Balaban J connectivity index is 3.81. The number of hydrogen-bond acceptors (Lipinski definition) is 2. The van der Waals surface area contributed by atoms with Gasteiger partial charge < -0.3 is 10.1 Å². The molecule has 2 nitrogen and oxygen atoms in total. The van der Waals surface area contributed by atoms with Crippen molar-refractivity contribution in [1.29, 1.82) is 0 Å². The first-order valence-electron chi connectivity index (χ1n) is 6.22. The van der Waals surface area contributed by atoms with Crippen LogP contribution < -0.4 is 5.32 Å². The molecule has 0 radical (unpaired) electrons. The molecule has 0 aromatic rings. The van der Waals surface area contributed by atoms with Gasteiger partial charge in [-0.3, -0.25) is 0 Å². The van der Waals surface area contributed by atoms with E-state index in [0.29, 0.717) is 5.41 Å². The van der Waals surface area contributed by atoms with Gasteiger partial charge in [-0.15, -0.1) is 0 Å². The molecule has 0 aromatic heterocycles. The molecule has 15 heavy (non-hydrogen) atoms. The molecule has 0 aliphatic carbocycles. The molecule has 0 saturated heterocycles. The highest BCUT2D eigenvalue weighted by Gasteiger charge is 2.23. The third kappa shape index (κ3) is 7.80. The zero-order valence-electron chi connectivity index (χ0n) is 11.2. The van der Waals surface area contributed by atoms with Gasteiger partial charge >= 0.3 is 0 Å². The van der Waals surface area contributed by atoms with Crippen LogP contribution in [0.5, 0.6) is 0 Å². The number of nitrogens with one attached hydrogen (secondary N) is 1. The Hall–Kier alpha value is -0.0800. The summed E-state index contributed by atoms with van der Waals surface area (Å²) >= 11 is 0. The van der Waals surface area contributed by atoms with Gasteiger partial charge in [0, 0.05) is 13.7 Å². The lowest BCUT2D eigenvalue weighted by molar-refractivity contribution is 0.182. The molecule has 1 atom stereocenters. The van der Waals surface area contributed by atoms with Crippen molar-refractivity contribution in [2.24, 2.45) is 11.3 Å². The van der Waals surface area contributed by atoms with Crippen molar-refractivity contribution in [2.45, 2.75) is 47.0 Å². The van der Waals surface area contributed by atoms with Gasteiger partial charge in [-0.1, -0.05) is 40.5 Å². The summed E-state index contributed by atoms with van der Waals surface area (Å²) in [5.41, 5.74) is 0.412. The third-order valence-electron chi connectivity index (χ3n) is 3.00. The van der Waals surface area contributed by atoms with Gasteiger partial charge in [0.05, 0.1) is 6.61 Å². The molecule has 2 heteroatoms. The number of unbranched alkanes of at least 4 members (excludes halogenated alkanes) is 1. The lowest BCUT2D eigenvalue weighted by atomic mass is 9.78. The van der Waals surface area contributed by atoms with Crippen LogP contribution in [0.1, 0.15) is 47.0 Å². The third-order valence-corrected chi connectivity index (χ3v) is 3.00. The van der Waals surface area contributed by atoms with Crippen LogP contribution in [0.15, 0.2) is 0 Å². The van der Waals surface area contributed by atoms with E-state index in [1.807, 2.05) is 0 Å². The second kappa shape index (κ2) is 8.12. The van der Waals surface area contributed by atoms with Gasteiger partial charge in [0.15, 0.2) is 0 Å². The first-order valence-corrected chi connectivity index (χ1v) is 6.22. The van der Waals surface area contributed by atoms with Crippen molar-refractivity contribution in [2.75, 3.05) is 26.8 Å². The minimum atomic E-state index is 0.412. The molecule has 0 aromatic carbocycles. The summed E-state index contributed by atoms with van der Waals surface area (Å²) in [6.45, 7) is 12.2. The standard InChI is InChI=1S/C13H29NO/c1-6-7-8-12(13(2,3)4)11-14-9-10-15-5/h12,14H,6-11H2,1-5H3. The van der Waals surface area contributed by atoms with E-state index < -0.39 is 0 Å². The minimum absolute atomic E-state index is 0.412. The lowest BCUT2D eigenvalue weighted by Gasteiger charge is -2.31. The Kier molecular flexibility index (Phi) is 8.07. The molecule has 0 amide bonds. The highest BCUT2D eigenvalue weighted by Crippen LogP contribution is 2.29. The van der Waals surface area contributed by atoms with Crippen LogP contribution >= 0.6 is 0 Å². The van der Waals surface area contributed by atoms with Crippen LogP contribution in [0.3, 0.4) is 0 Å². The van der Waals surface area contributed by atoms with Gasteiger partial charge in [0.2, 0.25) is 0 Å². The molecule has 0 spiro atoms. The van der Waals surface area contributed by atoms with Crippen LogP contribution in [-0.2, 0) is 4.74 Å². The van der Waals surface area contributed by atoms with Crippen molar-refractivity contribution in [3.63, 3.8) is 0 Å². The van der Waals surface area contributed by atoms with E-state index in [-0.39, 0.29) is 0 Å². The maximum absolute atomic E-state index is 5.03. The van der Waals surface area contributed by atoms with E-state index in [9.17, 15) is 0 Å². The van der Waals surface area contributed by atoms with Gasteiger partial charge in [0.25, 0.3) is 0 Å². The zero-order valence-corrected chi connectivity index (χ0v) is 11.2. The van der Waals surface area contributed by atoms with Crippen molar-refractivity contribution >= 4 is 0 Å². The quantitative estimate of drug-likeness (QED) is 0.628. The number of methoxy groups -OCH3 is 1. The Bertz CT molecular complexity index is 140. The SMILES string of the molecule is CCCCC(CNCCOC)C(C)(C)C. The maximum atomic E-state index is 5.03. The second-order valence-electron chi connectivity index (χ2n) is 5.40. The summed E-state index contributed by atoms with van der Waals surface area (Å²) < 4.78 is 5.03. The predicted molar refractivity (Wildman–Crippen MR) is 67.2 cm³/mol. The first-order chi connectivity index (χ1) is 7.02. The summed E-state index contributed by atoms with van der Waals surface area (Å²) in [5.74, 6) is 0.773. The van der Waals surface area contributed by atoms with Crippen molar-refractivity contribution < 1.29 is 4.74 Å². The molecular formula is C13H29NO. The normalized spacial score (nSPS) is 14.2. The van der Waals surface area contributed by atoms with Gasteiger partial charge in [-0.05, 0) is 24.3 Å². The van der Waals surface area contributed by atoms with Gasteiger partial charge in [0.1, 0.15) is 0 Å². The Morgan fingerprint density at radius 2 is 1.93 bits per heavy atom.